The number of hydrogen-bond donors (Lipinski definition) is 0. The summed E-state index contributed by atoms with van der Waals surface area (Å²) < 4.78 is 0. The third-order valence-corrected chi connectivity index (χ3v) is 9.16. The quantitative estimate of drug-likeness (QED) is 0.117. The summed E-state index contributed by atoms with van der Waals surface area (Å²) in [5.41, 5.74) is 10.4. The lowest BCUT2D eigenvalue weighted by Crippen LogP contribution is -2.11. The molecule has 0 aliphatic rings. The molecule has 2 nitrogen and oxygen atoms in total. The topological polar surface area (TPSA) is 6.48 Å². The molecule has 0 aliphatic carbocycles. The minimum atomic E-state index is 1.12. The third-order valence-electron chi connectivity index (χ3n) is 9.16. The van der Waals surface area contributed by atoms with Crippen LogP contribution in [0.25, 0.3) is 33.7 Å². The van der Waals surface area contributed by atoms with Gasteiger partial charge in [-0.3, -0.25) is 0 Å². The summed E-state index contributed by atoms with van der Waals surface area (Å²) in [7, 11) is 2.42. The molecular weight excluding hydrogens is 636 g/mol. The maximum Gasteiger partial charge on any atom is 0.0540 e. The van der Waals surface area contributed by atoms with Crippen molar-refractivity contribution >= 4 is 77.1 Å². The Morgan fingerprint density at radius 3 is 1.27 bits per heavy atom. The summed E-state index contributed by atoms with van der Waals surface area (Å²) in [4.78, 5) is 4.71. The van der Waals surface area contributed by atoms with E-state index in [2.05, 4.69) is 226 Å². The summed E-state index contributed by atoms with van der Waals surface area (Å²) in [5.74, 6) is 0. The molecule has 0 aliphatic heterocycles. The van der Waals surface area contributed by atoms with Crippen LogP contribution < -0.4 is 9.80 Å². The molecule has 8 aromatic carbocycles. The van der Waals surface area contributed by atoms with Gasteiger partial charge in [-0.25, -0.2) is 0 Å². The van der Waals surface area contributed by atoms with Crippen LogP contribution in [-0.2, 0) is 0 Å². The average Bonchev–Trinajstić information content (AvgIpc) is 3.20. The van der Waals surface area contributed by atoms with Gasteiger partial charge < -0.3 is 9.80 Å². The van der Waals surface area contributed by atoms with Crippen molar-refractivity contribution in [2.75, 3.05) is 16.5 Å². The molecule has 0 bridgehead atoms. The molecule has 0 spiro atoms. The first kappa shape index (κ1) is 33.5. The smallest absolute Gasteiger partial charge is 0.0540 e. The van der Waals surface area contributed by atoms with Crippen LogP contribution in [0.4, 0.5) is 34.1 Å². The van der Waals surface area contributed by atoms with Crippen LogP contribution in [0.2, 0.25) is 0 Å². The van der Waals surface area contributed by atoms with Gasteiger partial charge in [0.05, 0.1) is 11.4 Å². The SMILES string of the molecule is CP.Cc1ccccc1N(c1ccccc1)c1ccc(/C=C/c2ccc(N(c3cccc4ccccc34)c3cccc4ccccc34)cc2)cc1. The molecule has 1 atom stereocenters. The van der Waals surface area contributed by atoms with E-state index in [0.717, 1.165) is 39.6 Å². The van der Waals surface area contributed by atoms with Gasteiger partial charge in [0.2, 0.25) is 0 Å². The first-order chi connectivity index (χ1) is 25.2. The molecule has 8 rings (SSSR count). The Morgan fingerprint density at radius 2 is 0.745 bits per heavy atom. The minimum absolute atomic E-state index is 1.12. The van der Waals surface area contributed by atoms with E-state index < -0.39 is 0 Å². The fraction of sp³-hybridized carbons (Fsp3) is 0.0417. The van der Waals surface area contributed by atoms with Crippen LogP contribution in [0.1, 0.15) is 16.7 Å². The van der Waals surface area contributed by atoms with Crippen LogP contribution in [0.3, 0.4) is 0 Å². The normalized spacial score (nSPS) is 11.0. The zero-order valence-corrected chi connectivity index (χ0v) is 30.2. The number of anilines is 6. The maximum atomic E-state index is 2.42. The van der Waals surface area contributed by atoms with Crippen LogP contribution >= 0.6 is 9.24 Å². The highest BCUT2D eigenvalue weighted by Crippen LogP contribution is 2.42. The molecule has 0 radical (unpaired) electrons. The second-order valence-corrected chi connectivity index (χ2v) is 12.3. The standard InChI is InChI=1S/C47H36N2.CH5P/c1-35-13-5-10-22-45(35)48(40-18-3-2-4-19-40)41-31-27-36(28-32-41)25-26-37-29-33-42(34-30-37)49(46-23-11-16-38-14-6-8-20-43(38)46)47-24-12-17-39-15-7-9-21-44(39)47;1-2/h2-34H,1H3;2H2,1H3/b26-25+;. The van der Waals surface area contributed by atoms with Crippen LogP contribution in [-0.4, -0.2) is 6.66 Å². The number of aryl methyl sites for hydroxylation is 1. The number of para-hydroxylation sites is 2. The highest BCUT2D eigenvalue weighted by molar-refractivity contribution is 7.15. The lowest BCUT2D eigenvalue weighted by molar-refractivity contribution is 1.25. The van der Waals surface area contributed by atoms with Gasteiger partial charge in [-0.1, -0.05) is 152 Å². The van der Waals surface area contributed by atoms with Gasteiger partial charge in [-0.15, -0.1) is 9.24 Å². The van der Waals surface area contributed by atoms with Crippen molar-refractivity contribution in [3.8, 4) is 0 Å². The van der Waals surface area contributed by atoms with E-state index in [1.807, 2.05) is 6.66 Å². The molecule has 0 amide bonds. The van der Waals surface area contributed by atoms with Gasteiger partial charge in [0.25, 0.3) is 0 Å². The Balaban J connectivity index is 0.00000200. The average molecular weight is 677 g/mol. The summed E-state index contributed by atoms with van der Waals surface area (Å²) in [6.45, 7) is 4.08. The zero-order chi connectivity index (χ0) is 35.0. The number of hydrogen-bond acceptors (Lipinski definition) is 2. The molecule has 0 saturated carbocycles. The Morgan fingerprint density at radius 1 is 0.353 bits per heavy atom. The summed E-state index contributed by atoms with van der Waals surface area (Å²) in [5, 5.41) is 4.89. The van der Waals surface area contributed by atoms with Gasteiger partial charge >= 0.3 is 0 Å². The van der Waals surface area contributed by atoms with Crippen LogP contribution in [0.5, 0.6) is 0 Å². The van der Waals surface area contributed by atoms with Gasteiger partial charge in [0.1, 0.15) is 0 Å². The number of rotatable bonds is 8. The molecule has 0 heterocycles. The number of fused-ring (bicyclic) bond motifs is 2. The molecular formula is C48H41N2P. The van der Waals surface area contributed by atoms with Crippen molar-refractivity contribution in [1.29, 1.82) is 0 Å². The lowest BCUT2D eigenvalue weighted by Gasteiger charge is -2.28. The van der Waals surface area contributed by atoms with E-state index >= 15 is 0 Å². The van der Waals surface area contributed by atoms with Gasteiger partial charge in [0.15, 0.2) is 0 Å². The predicted molar refractivity (Wildman–Crippen MR) is 227 cm³/mol. The molecule has 51 heavy (non-hydrogen) atoms. The zero-order valence-electron chi connectivity index (χ0n) is 29.0. The van der Waals surface area contributed by atoms with E-state index in [4.69, 9.17) is 0 Å². The molecule has 0 fully saturated rings. The predicted octanol–water partition coefficient (Wildman–Crippen LogP) is 13.9. The number of benzene rings is 8. The van der Waals surface area contributed by atoms with Crippen molar-refractivity contribution in [3.63, 3.8) is 0 Å². The van der Waals surface area contributed by atoms with Gasteiger partial charge in [0, 0.05) is 33.5 Å². The Kier molecular flexibility index (Phi) is 10.3. The largest absolute Gasteiger partial charge is 0.310 e. The van der Waals surface area contributed by atoms with Crippen molar-refractivity contribution in [2.45, 2.75) is 6.92 Å². The first-order valence-electron chi connectivity index (χ1n) is 17.4. The second-order valence-electron chi connectivity index (χ2n) is 12.3. The van der Waals surface area contributed by atoms with E-state index in [0.29, 0.717) is 0 Å². The molecule has 3 heteroatoms. The fourth-order valence-corrected chi connectivity index (χ4v) is 6.69. The van der Waals surface area contributed by atoms with E-state index in [-0.39, 0.29) is 0 Å². The van der Waals surface area contributed by atoms with Crippen molar-refractivity contribution in [1.82, 2.24) is 0 Å². The summed E-state index contributed by atoms with van der Waals surface area (Å²) >= 11 is 0. The van der Waals surface area contributed by atoms with E-state index in [9.17, 15) is 0 Å². The Labute approximate surface area is 304 Å². The molecule has 1 unspecified atom stereocenters. The highest BCUT2D eigenvalue weighted by atomic mass is 31.0. The Hall–Kier alpha value is -5.95. The molecule has 0 saturated heterocycles. The molecule has 8 aromatic rings. The van der Waals surface area contributed by atoms with Crippen molar-refractivity contribution < 1.29 is 0 Å². The minimum Gasteiger partial charge on any atom is -0.310 e. The van der Waals surface area contributed by atoms with Crippen LogP contribution in [0, 0.1) is 6.92 Å². The molecule has 0 N–H and O–H groups in total. The van der Waals surface area contributed by atoms with Crippen molar-refractivity contribution in [3.05, 3.63) is 205 Å². The van der Waals surface area contributed by atoms with Crippen LogP contribution in [0.15, 0.2) is 188 Å². The third kappa shape index (κ3) is 7.19. The van der Waals surface area contributed by atoms with E-state index in [1.165, 1.54) is 32.8 Å². The Bertz CT molecular complexity index is 2310. The van der Waals surface area contributed by atoms with Gasteiger partial charge in [-0.2, -0.15) is 0 Å². The van der Waals surface area contributed by atoms with Crippen molar-refractivity contribution in [2.24, 2.45) is 0 Å². The highest BCUT2D eigenvalue weighted by Gasteiger charge is 2.17. The lowest BCUT2D eigenvalue weighted by atomic mass is 10.0. The monoisotopic (exact) mass is 676 g/mol. The second kappa shape index (κ2) is 15.7. The summed E-state index contributed by atoms with van der Waals surface area (Å²) in [6, 6.07) is 67.1. The van der Waals surface area contributed by atoms with E-state index in [1.54, 1.807) is 0 Å². The molecule has 0 aromatic heterocycles. The molecule has 248 valence electrons. The van der Waals surface area contributed by atoms with Gasteiger partial charge in [-0.05, 0) is 89.0 Å². The first-order valence-corrected chi connectivity index (χ1v) is 18.5. The number of nitrogens with zero attached hydrogens (tertiary/aromatic N) is 2. The fourth-order valence-electron chi connectivity index (χ4n) is 6.69. The maximum absolute atomic E-state index is 2.42. The summed E-state index contributed by atoms with van der Waals surface area (Å²) in [6.07, 6.45) is 4.38.